The van der Waals surface area contributed by atoms with Gasteiger partial charge in [-0.05, 0) is 126 Å². The molecule has 2 unspecified atom stereocenters. The van der Waals surface area contributed by atoms with Crippen LogP contribution >= 0.6 is 0 Å². The van der Waals surface area contributed by atoms with E-state index in [4.69, 9.17) is 15.2 Å². The SMILES string of the molecule is CC[C@H](C)[C@@H]([C@@H](CC(=O)N1CCC[C@H]1[C@H](OC)[C@@H](C)C(=O)N[C@@H](Cc1ccccn1)C(=O)NCc1ccc(NC(=O)[C@H](CCCNC(N)=O)NC(=O)[C@@H](NC(=O)CCCN2CCC(C(=O)[NH][AlH2])CC2C(F)(F)F)C(C)C)cc1)OC)N(C)C(=O)[C@@H](NC(=O)[C@H](C(C)C)N(C)C)C(C)C. The molecule has 0 saturated carbocycles. The van der Waals surface area contributed by atoms with Gasteiger partial charge in [-0.2, -0.15) is 13.2 Å². The Kier molecular flexibility index (Phi) is 34.3. The third-order valence-electron chi connectivity index (χ3n) is 18.8. The average molecular weight is 1400 g/mol. The van der Waals surface area contributed by atoms with Gasteiger partial charge in [0.25, 0.3) is 0 Å². The van der Waals surface area contributed by atoms with Gasteiger partial charge in [0.15, 0.2) is 5.91 Å². The molecule has 2 aliphatic heterocycles. The quantitative estimate of drug-likeness (QED) is 0.0345. The van der Waals surface area contributed by atoms with Gasteiger partial charge in [-0.3, -0.25) is 57.9 Å². The number of nitrogens with zero attached hydrogens (tertiary/aromatic N) is 5. The Balaban J connectivity index is 1.43. The molecule has 98 heavy (non-hydrogen) atoms. The van der Waals surface area contributed by atoms with Gasteiger partial charge in [0, 0.05) is 77.2 Å². The molecule has 0 bridgehead atoms. The van der Waals surface area contributed by atoms with Crippen molar-refractivity contribution < 1.29 is 70.6 Å². The van der Waals surface area contributed by atoms with E-state index in [-0.39, 0.29) is 113 Å². The van der Waals surface area contributed by atoms with Gasteiger partial charge in [-0.25, -0.2) is 4.79 Å². The largest absolute Gasteiger partial charge is 0.452 e. The van der Waals surface area contributed by atoms with Crippen LogP contribution < -0.4 is 47.3 Å². The van der Waals surface area contributed by atoms with Crippen LogP contribution in [0.5, 0.6) is 0 Å². The van der Waals surface area contributed by atoms with Crippen LogP contribution in [-0.4, -0.2) is 229 Å². The van der Waals surface area contributed by atoms with Gasteiger partial charge in [0.2, 0.25) is 47.3 Å². The van der Waals surface area contributed by atoms with Crippen LogP contribution in [0.15, 0.2) is 48.7 Å². The number of methoxy groups -OCH3 is 2. The lowest BCUT2D eigenvalue weighted by Gasteiger charge is -2.41. The summed E-state index contributed by atoms with van der Waals surface area (Å²) in [6.45, 7) is 17.1. The highest BCUT2D eigenvalue weighted by Crippen LogP contribution is 2.35. The Morgan fingerprint density at radius 3 is 1.98 bits per heavy atom. The zero-order chi connectivity index (χ0) is 73.3. The smallest absolute Gasteiger partial charge is 0.404 e. The minimum Gasteiger partial charge on any atom is -0.452 e. The molecular formula is C68H110AlF3N14O12. The number of nitrogens with two attached hydrogens (primary N) is 1. The van der Waals surface area contributed by atoms with E-state index in [1.54, 1.807) is 86.3 Å². The number of piperidine rings is 1. The summed E-state index contributed by atoms with van der Waals surface area (Å²) in [5, 5.41) is 19.5. The maximum Gasteiger partial charge on any atom is 0.404 e. The number of pyridine rings is 1. The van der Waals surface area contributed by atoms with Crippen molar-refractivity contribution in [2.24, 2.45) is 41.2 Å². The number of primary amides is 1. The van der Waals surface area contributed by atoms with Crippen LogP contribution in [0.3, 0.4) is 0 Å². The summed E-state index contributed by atoms with van der Waals surface area (Å²) in [5.41, 5.74) is 6.71. The van der Waals surface area contributed by atoms with E-state index in [0.717, 1.165) is 0 Å². The number of halogens is 3. The predicted molar refractivity (Wildman–Crippen MR) is 368 cm³/mol. The zero-order valence-electron chi connectivity index (χ0n) is 60.0. The number of carbonyl (C=O) groups excluding carboxylic acids is 10. The van der Waals surface area contributed by atoms with Crippen LogP contribution in [0, 0.1) is 35.5 Å². The van der Waals surface area contributed by atoms with Gasteiger partial charge in [-0.15, -0.1) is 0 Å². The fourth-order valence-corrected chi connectivity index (χ4v) is 13.6. The Labute approximate surface area is 584 Å². The summed E-state index contributed by atoms with van der Waals surface area (Å²) in [7, 11) is 8.33. The van der Waals surface area contributed by atoms with Crippen LogP contribution in [-0.2, 0) is 65.6 Å². The highest BCUT2D eigenvalue weighted by molar-refractivity contribution is 6.14. The molecule has 2 aliphatic rings. The van der Waals surface area contributed by atoms with E-state index in [2.05, 4.69) is 46.5 Å². The number of ether oxygens (including phenoxy) is 2. The number of aromatic nitrogens is 1. The van der Waals surface area contributed by atoms with Crippen molar-refractivity contribution in [3.05, 3.63) is 59.9 Å². The van der Waals surface area contributed by atoms with Crippen molar-refractivity contribution in [2.75, 3.05) is 66.9 Å². The molecule has 11 amide bonds. The monoisotopic (exact) mass is 1400 g/mol. The molecule has 10 N–H and O–H groups in total. The van der Waals surface area contributed by atoms with Crippen molar-refractivity contribution in [2.45, 2.75) is 206 Å². The highest BCUT2D eigenvalue weighted by Gasteiger charge is 2.48. The molecule has 26 nitrogen and oxygen atoms in total. The summed E-state index contributed by atoms with van der Waals surface area (Å²) in [4.78, 5) is 147. The molecule has 1 aromatic heterocycles. The maximum atomic E-state index is 14.6. The summed E-state index contributed by atoms with van der Waals surface area (Å²) in [6, 6.07) is 3.23. The fraction of sp³-hybridized carbons (Fsp3) is 0.691. The predicted octanol–water partition coefficient (Wildman–Crippen LogP) is 3.17. The molecule has 2 aromatic rings. The van der Waals surface area contributed by atoms with Gasteiger partial charge >= 0.3 is 28.7 Å². The number of likely N-dealkylation sites (tertiary alicyclic amines) is 2. The minimum atomic E-state index is -4.58. The summed E-state index contributed by atoms with van der Waals surface area (Å²) < 4.78 is 57.0. The molecule has 2 saturated heterocycles. The lowest BCUT2D eigenvalue weighted by molar-refractivity contribution is -0.196. The number of carbonyl (C=O) groups is 10. The number of alkyl halides is 3. The number of nitrogens with one attached hydrogen (secondary N) is 8. The minimum absolute atomic E-state index is 0.00743. The van der Waals surface area contributed by atoms with Gasteiger partial charge in [0.05, 0.1) is 42.7 Å². The maximum absolute atomic E-state index is 14.6. The van der Waals surface area contributed by atoms with Crippen molar-refractivity contribution in [1.82, 2.24) is 60.8 Å². The highest BCUT2D eigenvalue weighted by atomic mass is 27.1. The first-order valence-electron chi connectivity index (χ1n) is 34.3. The normalized spacial score (nSPS) is 19.0. The molecule has 3 heterocycles. The molecular weight excluding hydrogens is 1290 g/mol. The number of likely N-dealkylation sites (N-methyl/N-ethyl adjacent to an activating group) is 2. The van der Waals surface area contributed by atoms with Crippen molar-refractivity contribution in [1.29, 1.82) is 0 Å². The van der Waals surface area contributed by atoms with Crippen molar-refractivity contribution in [3.8, 4) is 0 Å². The Morgan fingerprint density at radius 1 is 0.755 bits per heavy atom. The first kappa shape index (κ1) is 83.5. The average Bonchev–Trinajstić information content (AvgIpc) is 1.25. The van der Waals surface area contributed by atoms with Crippen LogP contribution in [0.1, 0.15) is 138 Å². The number of urea groups is 1. The summed E-state index contributed by atoms with van der Waals surface area (Å²) in [6.07, 6.45) is -2.84. The third-order valence-corrected chi connectivity index (χ3v) is 19.3. The topological polar surface area (TPSA) is 337 Å². The summed E-state index contributed by atoms with van der Waals surface area (Å²) >= 11 is 0.321. The Morgan fingerprint density at radius 2 is 1.42 bits per heavy atom. The number of rotatable bonds is 38. The molecule has 0 spiro atoms. The third kappa shape index (κ3) is 25.0. The number of amides is 11. The van der Waals surface area contributed by atoms with Gasteiger partial charge in [0.1, 0.15) is 30.2 Å². The Hall–Kier alpha value is -6.97. The molecule has 548 valence electrons. The molecule has 2 fully saturated rings. The number of benzene rings is 1. The lowest BCUT2D eigenvalue weighted by Crippen LogP contribution is -2.59. The van der Waals surface area contributed by atoms with E-state index >= 15 is 0 Å². The van der Waals surface area contributed by atoms with Gasteiger partial charge < -0.3 is 66.5 Å². The van der Waals surface area contributed by atoms with Crippen LogP contribution in [0.25, 0.3) is 0 Å². The first-order valence-corrected chi connectivity index (χ1v) is 35.3. The Bertz CT molecular complexity index is 2930. The second kappa shape index (κ2) is 40.3. The number of hydrogen-bond donors (Lipinski definition) is 9. The van der Waals surface area contributed by atoms with Crippen LogP contribution in [0.4, 0.5) is 23.7 Å². The second-order valence-electron chi connectivity index (χ2n) is 27.3. The molecule has 1 aromatic carbocycles. The van der Waals surface area contributed by atoms with E-state index in [1.165, 1.54) is 19.1 Å². The van der Waals surface area contributed by atoms with Crippen LogP contribution in [0.2, 0.25) is 0 Å². The lowest BCUT2D eigenvalue weighted by atomic mass is 9.89. The van der Waals surface area contributed by atoms with Crippen molar-refractivity contribution in [3.63, 3.8) is 0 Å². The van der Waals surface area contributed by atoms with Crippen molar-refractivity contribution >= 4 is 81.4 Å². The molecule has 4 rings (SSSR count). The van der Waals surface area contributed by atoms with E-state index in [0.29, 0.717) is 59.3 Å². The standard InChI is InChI=1S/C68H109F3N14O12.Al.2H/c1-15-42(8)58(83(12)66(94)56(40(4)5)81-65(93)57(41(6)7)82(10)11)51(96-13)37-54(87)85-33-19-23-50(85)59(97-14)43(9)61(89)79-49(36-47-21-16-17-30-74-47)62(90)76-38-44-25-27-46(28-26-44)77-63(91)48(22-18-31-75-67(73)95)78-64(92)55(39(2)3)80-53(86)24-20-32-84-34-29-45(60(72)88)35-52(84)68(69,70)71;;;/h16-17,21,25-28,30,39-43,45,48-52,55-59H,15,18-20,22-24,29,31-38H2,1-14H3,(H11,72,73,75,76,77,78,79,80,81,86,88,89,90,91,92,93,95);;;/q;+1;;/p-1/t42-,43+,45?,48-,49-,50-,51+,52?,55-,56-,57-,58-,59+;;;/m0.../s1. The first-order chi connectivity index (χ1) is 46.2. The van der Waals surface area contributed by atoms with E-state index < -0.39 is 126 Å². The number of anilines is 1. The summed E-state index contributed by atoms with van der Waals surface area (Å²) in [5.74, 6) is -6.65. The molecule has 13 atom stereocenters. The number of hydrogen-bond acceptors (Lipinski definition) is 15. The molecule has 0 radical (unpaired) electrons. The molecule has 30 heteroatoms. The van der Waals surface area contributed by atoms with Gasteiger partial charge in [-0.1, -0.05) is 86.9 Å². The van der Waals surface area contributed by atoms with E-state index in [9.17, 15) is 61.1 Å². The second-order valence-corrected chi connectivity index (χ2v) is 27.8. The fourth-order valence-electron chi connectivity index (χ4n) is 13.2. The molecule has 0 aliphatic carbocycles. The zero-order valence-corrected chi connectivity index (χ0v) is 62.0. The van der Waals surface area contributed by atoms with E-state index in [1.807, 2.05) is 60.5 Å².